The van der Waals surface area contributed by atoms with Crippen molar-refractivity contribution < 1.29 is 43.5 Å². The number of hydrogen-bond acceptors (Lipinski definition) is 9. The number of anilines is 2. The lowest BCUT2D eigenvalue weighted by Crippen LogP contribution is -2.47. The van der Waals surface area contributed by atoms with Crippen LogP contribution in [-0.2, 0) is 11.3 Å². The van der Waals surface area contributed by atoms with E-state index in [9.17, 15) is 24.6 Å². The fourth-order valence-electron chi connectivity index (χ4n) is 6.17. The number of carboxylic acid groups (broad SMARTS) is 1. The van der Waals surface area contributed by atoms with Crippen LogP contribution in [0.4, 0.5) is 16.2 Å². The third kappa shape index (κ3) is 10.1. The summed E-state index contributed by atoms with van der Waals surface area (Å²) in [5.74, 6) is 0.108. The maximum atomic E-state index is 14.4. The first-order valence-electron chi connectivity index (χ1n) is 17.3. The minimum atomic E-state index is -0.966. The number of likely N-dealkylation sites (N-methyl/N-ethyl adjacent to an activating group) is 1. The summed E-state index contributed by atoms with van der Waals surface area (Å²) in [4.78, 5) is 42.5. The van der Waals surface area contributed by atoms with Gasteiger partial charge in [0.15, 0.2) is 11.5 Å². The van der Waals surface area contributed by atoms with Gasteiger partial charge in [0.2, 0.25) is 6.79 Å². The largest absolute Gasteiger partial charge is 0.490 e. The van der Waals surface area contributed by atoms with E-state index in [1.807, 2.05) is 33.0 Å². The highest BCUT2D eigenvalue weighted by Gasteiger charge is 2.30. The van der Waals surface area contributed by atoms with E-state index in [4.69, 9.17) is 18.9 Å². The van der Waals surface area contributed by atoms with Crippen molar-refractivity contribution in [3.8, 4) is 17.2 Å². The van der Waals surface area contributed by atoms with Crippen molar-refractivity contribution in [2.75, 3.05) is 50.8 Å². The normalized spacial score (nSPS) is 20.2. The molecule has 3 amide bonds. The Balaban J connectivity index is 1.35. The molecular formula is C38H48N4O9. The zero-order chi connectivity index (χ0) is 36.5. The molecule has 0 spiro atoms. The molecule has 0 aromatic heterocycles. The van der Waals surface area contributed by atoms with Crippen molar-refractivity contribution in [3.05, 3.63) is 77.4 Å². The number of nitrogens with zero attached hydrogens (tertiary/aromatic N) is 2. The van der Waals surface area contributed by atoms with E-state index in [1.165, 1.54) is 0 Å². The third-order valence-corrected chi connectivity index (χ3v) is 9.08. The minimum Gasteiger partial charge on any atom is -0.490 e. The van der Waals surface area contributed by atoms with Gasteiger partial charge in [-0.3, -0.25) is 9.69 Å². The molecule has 13 heteroatoms. The Morgan fingerprint density at radius 1 is 0.961 bits per heavy atom. The molecule has 3 aromatic rings. The molecule has 2 aliphatic rings. The number of urea groups is 1. The fraction of sp³-hybridized carbons (Fsp3) is 0.447. The number of carbonyl (C=O) groups is 3. The average molecular weight is 705 g/mol. The molecule has 4 N–H and O–H groups in total. The van der Waals surface area contributed by atoms with E-state index in [0.717, 1.165) is 24.8 Å². The van der Waals surface area contributed by atoms with E-state index in [1.54, 1.807) is 60.4 Å². The lowest BCUT2D eigenvalue weighted by molar-refractivity contribution is -0.0177. The quantitative estimate of drug-likeness (QED) is 0.218. The first kappa shape index (κ1) is 37.4. The second kappa shape index (κ2) is 17.4. The predicted molar refractivity (Wildman–Crippen MR) is 192 cm³/mol. The van der Waals surface area contributed by atoms with Gasteiger partial charge in [-0.1, -0.05) is 19.1 Å². The number of ether oxygens (including phenoxy) is 4. The van der Waals surface area contributed by atoms with Gasteiger partial charge >= 0.3 is 12.0 Å². The topological polar surface area (TPSA) is 159 Å². The minimum absolute atomic E-state index is 0.122. The lowest BCUT2D eigenvalue weighted by atomic mass is 10.0. The van der Waals surface area contributed by atoms with Crippen LogP contribution in [-0.4, -0.2) is 96.3 Å². The van der Waals surface area contributed by atoms with Gasteiger partial charge in [-0.15, -0.1) is 0 Å². The third-order valence-electron chi connectivity index (χ3n) is 9.08. The van der Waals surface area contributed by atoms with Crippen LogP contribution in [0.5, 0.6) is 17.2 Å². The van der Waals surface area contributed by atoms with E-state index in [2.05, 4.69) is 15.5 Å². The monoisotopic (exact) mass is 704 g/mol. The number of rotatable bonds is 9. The van der Waals surface area contributed by atoms with Crippen LogP contribution >= 0.6 is 0 Å². The maximum absolute atomic E-state index is 14.4. The van der Waals surface area contributed by atoms with Gasteiger partial charge in [0.1, 0.15) is 5.75 Å². The lowest BCUT2D eigenvalue weighted by Gasteiger charge is -2.36. The molecule has 2 heterocycles. The predicted octanol–water partition coefficient (Wildman–Crippen LogP) is 5.69. The molecule has 274 valence electrons. The molecule has 4 atom stereocenters. The van der Waals surface area contributed by atoms with E-state index >= 15 is 0 Å². The molecule has 2 aliphatic heterocycles. The number of aromatic carboxylic acids is 1. The van der Waals surface area contributed by atoms with Crippen molar-refractivity contribution in [2.45, 2.75) is 64.8 Å². The van der Waals surface area contributed by atoms with E-state index in [-0.39, 0.29) is 48.6 Å². The van der Waals surface area contributed by atoms with Gasteiger partial charge in [-0.05, 0) is 88.2 Å². The zero-order valence-corrected chi connectivity index (χ0v) is 29.6. The molecule has 0 unspecified atom stereocenters. The van der Waals surface area contributed by atoms with Gasteiger partial charge in [-0.2, -0.15) is 0 Å². The maximum Gasteiger partial charge on any atom is 0.335 e. The molecule has 0 bridgehead atoms. The Bertz CT molecular complexity index is 1670. The molecule has 0 aliphatic carbocycles. The highest BCUT2D eigenvalue weighted by Crippen LogP contribution is 2.34. The van der Waals surface area contributed by atoms with Crippen LogP contribution in [0.25, 0.3) is 0 Å². The summed E-state index contributed by atoms with van der Waals surface area (Å²) < 4.78 is 23.5. The number of aliphatic hydroxyl groups is 1. The number of amides is 3. The second-order valence-corrected chi connectivity index (χ2v) is 13.4. The van der Waals surface area contributed by atoms with Gasteiger partial charge in [0.25, 0.3) is 5.91 Å². The molecule has 0 radical (unpaired) electrons. The average Bonchev–Trinajstić information content (AvgIpc) is 3.57. The Kier molecular flexibility index (Phi) is 12.8. The van der Waals surface area contributed by atoms with Crippen LogP contribution in [0, 0.1) is 5.92 Å². The molecule has 13 nitrogen and oxygen atoms in total. The molecule has 51 heavy (non-hydrogen) atoms. The van der Waals surface area contributed by atoms with Crippen molar-refractivity contribution in [1.82, 2.24) is 9.80 Å². The van der Waals surface area contributed by atoms with Crippen molar-refractivity contribution in [1.29, 1.82) is 0 Å². The SMILES string of the molecule is C[C@@H]1CCCCO[C@@H](CN(C)Cc2ccc(C(=O)O)cc2)[C@@H](C)CN([C@@H](C)CO)C(=O)c2cc(NC(=O)Nc3ccc4c(c3)OCO4)ccc2O1. The number of aliphatic hydroxyl groups excluding tert-OH is 1. The van der Waals surface area contributed by atoms with Crippen LogP contribution < -0.4 is 24.8 Å². The number of nitrogens with one attached hydrogen (secondary N) is 2. The fourth-order valence-corrected chi connectivity index (χ4v) is 6.17. The highest BCUT2D eigenvalue weighted by atomic mass is 16.7. The van der Waals surface area contributed by atoms with Gasteiger partial charge in [-0.25, -0.2) is 9.59 Å². The zero-order valence-electron chi connectivity index (χ0n) is 29.6. The number of benzene rings is 3. The van der Waals surface area contributed by atoms with Crippen LogP contribution in [0.3, 0.4) is 0 Å². The Morgan fingerprint density at radius 2 is 1.65 bits per heavy atom. The Morgan fingerprint density at radius 3 is 2.35 bits per heavy atom. The number of fused-ring (bicyclic) bond motifs is 2. The summed E-state index contributed by atoms with van der Waals surface area (Å²) in [5, 5.41) is 25.1. The number of hydrogen-bond donors (Lipinski definition) is 4. The van der Waals surface area contributed by atoms with Crippen LogP contribution in [0.2, 0.25) is 0 Å². The summed E-state index contributed by atoms with van der Waals surface area (Å²) >= 11 is 0. The Labute approximate surface area is 298 Å². The highest BCUT2D eigenvalue weighted by molar-refractivity contribution is 6.02. The van der Waals surface area contributed by atoms with Gasteiger partial charge in [0, 0.05) is 49.6 Å². The molecule has 0 saturated heterocycles. The van der Waals surface area contributed by atoms with Crippen molar-refractivity contribution in [2.24, 2.45) is 5.92 Å². The second-order valence-electron chi connectivity index (χ2n) is 13.4. The molecular weight excluding hydrogens is 656 g/mol. The number of carbonyl (C=O) groups excluding carboxylic acids is 2. The van der Waals surface area contributed by atoms with E-state index in [0.29, 0.717) is 54.9 Å². The standard InChI is InChI=1S/C38H48N4O9/c1-24-19-42(25(2)22-43)36(44)31-17-29(39-38(47)40-30-13-15-33-34(18-30)50-23-49-33)12-14-32(31)51-26(3)7-5-6-16-48-35(24)21-41(4)20-27-8-10-28(11-9-27)37(45)46/h8-15,17-18,24-26,35,43H,5-7,16,19-23H2,1-4H3,(H,45,46)(H2,39,40,47)/t24-,25-,26+,35-/m0/s1. The van der Waals surface area contributed by atoms with Crippen LogP contribution in [0.15, 0.2) is 60.7 Å². The summed E-state index contributed by atoms with van der Waals surface area (Å²) in [6.07, 6.45) is 2.02. The molecule has 0 fully saturated rings. The van der Waals surface area contributed by atoms with Gasteiger partial charge in [0.05, 0.1) is 36.0 Å². The van der Waals surface area contributed by atoms with Crippen molar-refractivity contribution >= 4 is 29.3 Å². The first-order valence-corrected chi connectivity index (χ1v) is 17.3. The number of carboxylic acids is 1. The first-order chi connectivity index (χ1) is 24.5. The van der Waals surface area contributed by atoms with E-state index < -0.39 is 18.0 Å². The summed E-state index contributed by atoms with van der Waals surface area (Å²) in [6.45, 7) is 7.66. The summed E-state index contributed by atoms with van der Waals surface area (Å²) in [5.41, 5.74) is 2.38. The summed E-state index contributed by atoms with van der Waals surface area (Å²) in [6, 6.07) is 15.9. The summed E-state index contributed by atoms with van der Waals surface area (Å²) in [7, 11) is 1.98. The van der Waals surface area contributed by atoms with Crippen LogP contribution in [0.1, 0.15) is 66.3 Å². The van der Waals surface area contributed by atoms with Gasteiger partial charge < -0.3 is 44.7 Å². The molecule has 0 saturated carbocycles. The smallest absolute Gasteiger partial charge is 0.335 e. The van der Waals surface area contributed by atoms with Crippen molar-refractivity contribution in [3.63, 3.8) is 0 Å². The molecule has 5 rings (SSSR count). The Hall–Kier alpha value is -4.85. The molecule has 3 aromatic carbocycles.